The molecule has 2 amide bonds. The van der Waals surface area contributed by atoms with Crippen molar-refractivity contribution in [2.75, 3.05) is 11.9 Å². The number of nitrogens with one attached hydrogen (secondary N) is 2. The topological polar surface area (TPSA) is 78.1 Å². The average Bonchev–Trinajstić information content (AvgIpc) is 2.75. The molecule has 2 aromatic carbocycles. The largest absolute Gasteiger partial charge is 0.416 e. The van der Waals surface area contributed by atoms with E-state index in [1.807, 2.05) is 0 Å². The molecular weight excluding hydrogens is 447 g/mol. The van der Waals surface area contributed by atoms with Gasteiger partial charge in [0.1, 0.15) is 17.5 Å². The van der Waals surface area contributed by atoms with Gasteiger partial charge in [0.2, 0.25) is 0 Å². The number of H-pyrrole nitrogens is 1. The van der Waals surface area contributed by atoms with Crippen LogP contribution in [0, 0.1) is 11.6 Å². The number of halogens is 5. The highest BCUT2D eigenvalue weighted by Crippen LogP contribution is 2.30. The zero-order valence-corrected chi connectivity index (χ0v) is 17.0. The third-order valence-corrected chi connectivity index (χ3v) is 5.20. The Bertz CT molecular complexity index is 1270. The van der Waals surface area contributed by atoms with E-state index in [1.54, 1.807) is 0 Å². The third kappa shape index (κ3) is 5.02. The number of carbonyl (C=O) groups is 1. The van der Waals surface area contributed by atoms with Gasteiger partial charge in [-0.3, -0.25) is 4.79 Å². The number of rotatable bonds is 3. The van der Waals surface area contributed by atoms with Crippen molar-refractivity contribution in [3.63, 3.8) is 0 Å². The van der Waals surface area contributed by atoms with Gasteiger partial charge >= 0.3 is 12.2 Å². The van der Waals surface area contributed by atoms with Crippen LogP contribution in [-0.4, -0.2) is 27.4 Å². The first-order valence-corrected chi connectivity index (χ1v) is 9.88. The zero-order valence-electron chi connectivity index (χ0n) is 17.0. The van der Waals surface area contributed by atoms with E-state index < -0.39 is 35.0 Å². The van der Waals surface area contributed by atoms with E-state index in [0.29, 0.717) is 17.3 Å². The molecule has 1 aliphatic rings. The zero-order chi connectivity index (χ0) is 23.8. The number of carbonyl (C=O) groups excluding carboxylic acids is 1. The maximum Gasteiger partial charge on any atom is 0.416 e. The molecule has 11 heteroatoms. The van der Waals surface area contributed by atoms with Gasteiger partial charge in [-0.25, -0.2) is 18.6 Å². The number of urea groups is 1. The second kappa shape index (κ2) is 8.64. The number of alkyl halides is 3. The van der Waals surface area contributed by atoms with Crippen molar-refractivity contribution in [1.29, 1.82) is 0 Å². The number of aromatic amines is 1. The Kier molecular flexibility index (Phi) is 5.88. The molecule has 0 radical (unpaired) electrons. The number of aromatic nitrogens is 2. The molecule has 33 heavy (non-hydrogen) atoms. The lowest BCUT2D eigenvalue weighted by atomic mass is 10.1. The molecule has 0 bridgehead atoms. The Morgan fingerprint density at radius 1 is 1.15 bits per heavy atom. The molecule has 2 heterocycles. The summed E-state index contributed by atoms with van der Waals surface area (Å²) in [7, 11) is 0. The Hall–Kier alpha value is -3.76. The van der Waals surface area contributed by atoms with Gasteiger partial charge in [-0.1, -0.05) is 18.2 Å². The minimum absolute atomic E-state index is 0.000480. The summed E-state index contributed by atoms with van der Waals surface area (Å²) in [5.74, 6) is -1.50. The van der Waals surface area contributed by atoms with Crippen LogP contribution >= 0.6 is 0 Å². The summed E-state index contributed by atoms with van der Waals surface area (Å²) >= 11 is 0. The van der Waals surface area contributed by atoms with Crippen LogP contribution in [0.4, 0.5) is 32.4 Å². The van der Waals surface area contributed by atoms with Crippen molar-refractivity contribution in [1.82, 2.24) is 14.9 Å². The molecule has 0 atom stereocenters. The predicted octanol–water partition coefficient (Wildman–Crippen LogP) is 4.25. The number of anilines is 1. The van der Waals surface area contributed by atoms with Crippen molar-refractivity contribution in [3.05, 3.63) is 92.7 Å². The summed E-state index contributed by atoms with van der Waals surface area (Å²) < 4.78 is 65.6. The van der Waals surface area contributed by atoms with Gasteiger partial charge in [0, 0.05) is 25.5 Å². The number of fused-ring (bicyclic) bond motifs is 1. The smallest absolute Gasteiger partial charge is 0.320 e. The van der Waals surface area contributed by atoms with Gasteiger partial charge in [0.05, 0.1) is 29.1 Å². The highest BCUT2D eigenvalue weighted by molar-refractivity contribution is 5.89. The minimum atomic E-state index is -4.48. The van der Waals surface area contributed by atoms with E-state index in [-0.39, 0.29) is 43.0 Å². The highest BCUT2D eigenvalue weighted by Gasteiger charge is 2.30. The summed E-state index contributed by atoms with van der Waals surface area (Å²) in [5, 5.41) is 2.34. The van der Waals surface area contributed by atoms with E-state index in [4.69, 9.17) is 0 Å². The quantitative estimate of drug-likeness (QED) is 0.569. The van der Waals surface area contributed by atoms with Crippen LogP contribution in [0.3, 0.4) is 0 Å². The molecular formula is C22H17F5N4O2. The lowest BCUT2D eigenvalue weighted by molar-refractivity contribution is -0.137. The predicted molar refractivity (Wildman–Crippen MR) is 109 cm³/mol. The molecule has 0 saturated carbocycles. The highest BCUT2D eigenvalue weighted by atomic mass is 19.4. The Morgan fingerprint density at radius 3 is 2.67 bits per heavy atom. The molecule has 0 unspecified atom stereocenters. The van der Waals surface area contributed by atoms with E-state index in [9.17, 15) is 31.5 Å². The van der Waals surface area contributed by atoms with E-state index in [1.165, 1.54) is 17.0 Å². The van der Waals surface area contributed by atoms with Crippen LogP contribution in [0.25, 0.3) is 0 Å². The van der Waals surface area contributed by atoms with Crippen molar-refractivity contribution >= 4 is 11.7 Å². The van der Waals surface area contributed by atoms with Gasteiger partial charge in [0.15, 0.2) is 0 Å². The summed E-state index contributed by atoms with van der Waals surface area (Å²) in [6.45, 7) is 0.0945. The van der Waals surface area contributed by atoms with Gasteiger partial charge in [-0.15, -0.1) is 0 Å². The Labute approximate surface area is 184 Å². The van der Waals surface area contributed by atoms with Crippen molar-refractivity contribution in [3.8, 4) is 0 Å². The molecule has 0 spiro atoms. The fourth-order valence-corrected chi connectivity index (χ4v) is 3.57. The average molecular weight is 464 g/mol. The molecule has 6 nitrogen and oxygen atoms in total. The maximum absolute atomic E-state index is 13.8. The number of nitrogens with zero attached hydrogens (tertiary/aromatic N) is 2. The standard InChI is InChI=1S/C22H17F5N4O2/c23-14-4-5-18(16(24)10-14)29-21(33)31-7-6-17-15(11-31)20(32)30-19(28-17)9-12-2-1-3-13(8-12)22(25,26)27/h1-5,8,10H,6-7,9,11H2,(H,29,33)(H,28,30,32). The normalized spacial score (nSPS) is 13.5. The van der Waals surface area contributed by atoms with E-state index in [0.717, 1.165) is 24.3 Å². The van der Waals surface area contributed by atoms with Crippen LogP contribution in [0.5, 0.6) is 0 Å². The molecule has 3 aromatic rings. The second-order valence-electron chi connectivity index (χ2n) is 7.54. The van der Waals surface area contributed by atoms with Crippen molar-refractivity contribution in [2.24, 2.45) is 0 Å². The summed E-state index contributed by atoms with van der Waals surface area (Å²) in [6, 6.07) is 6.83. The summed E-state index contributed by atoms with van der Waals surface area (Å²) in [4.78, 5) is 33.3. The first-order valence-electron chi connectivity index (χ1n) is 9.88. The first kappa shape index (κ1) is 22.4. The van der Waals surface area contributed by atoms with Crippen LogP contribution < -0.4 is 10.9 Å². The molecule has 1 aromatic heterocycles. The third-order valence-electron chi connectivity index (χ3n) is 5.20. The fraction of sp³-hybridized carbons (Fsp3) is 0.227. The molecule has 172 valence electrons. The minimum Gasteiger partial charge on any atom is -0.320 e. The Morgan fingerprint density at radius 2 is 1.94 bits per heavy atom. The molecule has 0 fully saturated rings. The van der Waals surface area contributed by atoms with Crippen LogP contribution in [0.15, 0.2) is 47.3 Å². The second-order valence-corrected chi connectivity index (χ2v) is 7.54. The van der Waals surface area contributed by atoms with Gasteiger partial charge in [-0.2, -0.15) is 13.2 Å². The van der Waals surface area contributed by atoms with E-state index >= 15 is 0 Å². The van der Waals surface area contributed by atoms with Gasteiger partial charge < -0.3 is 15.2 Å². The summed E-state index contributed by atoms with van der Waals surface area (Å²) in [5.41, 5.74) is -0.477. The van der Waals surface area contributed by atoms with Crippen LogP contribution in [-0.2, 0) is 25.6 Å². The maximum atomic E-state index is 13.8. The molecule has 1 aliphatic heterocycles. The lowest BCUT2D eigenvalue weighted by Crippen LogP contribution is -2.42. The van der Waals surface area contributed by atoms with Gasteiger partial charge in [-0.05, 0) is 23.8 Å². The molecule has 4 rings (SSSR count). The van der Waals surface area contributed by atoms with Crippen LogP contribution in [0.2, 0.25) is 0 Å². The molecule has 0 saturated heterocycles. The van der Waals surface area contributed by atoms with Crippen molar-refractivity contribution < 1.29 is 26.7 Å². The number of hydrogen-bond acceptors (Lipinski definition) is 3. The van der Waals surface area contributed by atoms with Gasteiger partial charge in [0.25, 0.3) is 5.56 Å². The molecule has 2 N–H and O–H groups in total. The lowest BCUT2D eigenvalue weighted by Gasteiger charge is -2.28. The van der Waals surface area contributed by atoms with E-state index in [2.05, 4.69) is 15.3 Å². The number of amides is 2. The SMILES string of the molecule is O=C(Nc1ccc(F)cc1F)N1CCc2nc(Cc3cccc(C(F)(F)F)c3)[nH]c(=O)c2C1. The fourth-order valence-electron chi connectivity index (χ4n) is 3.57. The number of hydrogen-bond donors (Lipinski definition) is 2. The van der Waals surface area contributed by atoms with Crippen LogP contribution in [0.1, 0.15) is 28.2 Å². The summed E-state index contributed by atoms with van der Waals surface area (Å²) in [6.07, 6.45) is -4.25. The Balaban J connectivity index is 1.49. The van der Waals surface area contributed by atoms with Crippen molar-refractivity contribution in [2.45, 2.75) is 25.6 Å². The first-order chi connectivity index (χ1) is 15.6. The molecule has 0 aliphatic carbocycles. The monoisotopic (exact) mass is 464 g/mol. The number of benzene rings is 2.